The number of allylic oxidation sites excluding steroid dienone is 1. The second kappa shape index (κ2) is 10.5. The fraction of sp³-hybridized carbons (Fsp3) is 0.714. The lowest BCUT2D eigenvalue weighted by Crippen LogP contribution is -2.64. The van der Waals surface area contributed by atoms with E-state index in [0.717, 1.165) is 0 Å². The van der Waals surface area contributed by atoms with Crippen molar-refractivity contribution in [3.05, 3.63) is 11.8 Å². The molecule has 0 aromatic rings. The highest BCUT2D eigenvalue weighted by molar-refractivity contribution is 6.52. The van der Waals surface area contributed by atoms with Gasteiger partial charge in [0.25, 0.3) is 0 Å². The molecule has 5 atom stereocenters. The van der Waals surface area contributed by atoms with Gasteiger partial charge >= 0.3 is 14.1 Å². The van der Waals surface area contributed by atoms with Gasteiger partial charge in [-0.1, -0.05) is 0 Å². The minimum Gasteiger partial charge on any atom is -0.490 e. The van der Waals surface area contributed by atoms with E-state index >= 15 is 0 Å². The minimum absolute atomic E-state index is 0.0576. The molecule has 11 nitrogen and oxygen atoms in total. The van der Waals surface area contributed by atoms with Crippen LogP contribution in [0.15, 0.2) is 16.7 Å². The van der Waals surface area contributed by atoms with Gasteiger partial charge < -0.3 is 46.0 Å². The molecule has 1 heterocycles. The normalized spacial score (nSPS) is 24.9. The third-order valence-corrected chi connectivity index (χ3v) is 3.73. The fourth-order valence-corrected chi connectivity index (χ4v) is 2.69. The number of rotatable bonds is 7. The van der Waals surface area contributed by atoms with E-state index in [1.165, 1.54) is 20.6 Å². The standard InChI is InChI=1S/C14H28B2N4O7/c1-7-5-9(18-14(19-15(3)25)20-16(4)26)11(17-8(2)22)13(27-7)12(24)10(23)6-21/h5,9-13,21,23-26H,6H2,1-4H3,(H,17,22)(H2,18,19,20)/t9?,10?,11-,12-,13-/m1/s1. The first-order valence-corrected chi connectivity index (χ1v) is 8.61. The van der Waals surface area contributed by atoms with Gasteiger partial charge in [-0.05, 0) is 26.6 Å². The lowest BCUT2D eigenvalue weighted by Gasteiger charge is -2.41. The molecule has 2 unspecified atom stereocenters. The number of nitrogens with zero attached hydrogens (tertiary/aromatic N) is 1. The van der Waals surface area contributed by atoms with Gasteiger partial charge in [0.05, 0.1) is 24.4 Å². The highest BCUT2D eigenvalue weighted by atomic mass is 16.5. The number of carbonyl (C=O) groups excluding carboxylic acids is 1. The lowest BCUT2D eigenvalue weighted by molar-refractivity contribution is -0.126. The van der Waals surface area contributed by atoms with Crippen LogP contribution < -0.4 is 15.9 Å². The van der Waals surface area contributed by atoms with E-state index < -0.39 is 57.0 Å². The molecule has 1 aliphatic rings. The van der Waals surface area contributed by atoms with Crippen LogP contribution in [0.2, 0.25) is 13.6 Å². The van der Waals surface area contributed by atoms with Gasteiger partial charge in [-0.15, -0.1) is 0 Å². The molecule has 0 fully saturated rings. The van der Waals surface area contributed by atoms with Crippen LogP contribution in [0.5, 0.6) is 0 Å². The number of carbonyl (C=O) groups is 1. The average Bonchev–Trinajstić information content (AvgIpc) is 2.53. The number of guanidine groups is 1. The quantitative estimate of drug-likeness (QED) is 0.126. The molecule has 0 bridgehead atoms. The molecule has 1 rings (SSSR count). The predicted octanol–water partition coefficient (Wildman–Crippen LogP) is -3.37. The Balaban J connectivity index is 3.18. The van der Waals surface area contributed by atoms with E-state index in [9.17, 15) is 25.1 Å². The van der Waals surface area contributed by atoms with E-state index in [2.05, 4.69) is 20.8 Å². The third kappa shape index (κ3) is 7.39. The van der Waals surface area contributed by atoms with Crippen molar-refractivity contribution in [3.63, 3.8) is 0 Å². The first-order chi connectivity index (χ1) is 12.5. The van der Waals surface area contributed by atoms with Crippen molar-refractivity contribution in [1.29, 1.82) is 0 Å². The monoisotopic (exact) mass is 386 g/mol. The van der Waals surface area contributed by atoms with Gasteiger partial charge in [0.15, 0.2) is 5.96 Å². The Morgan fingerprint density at radius 3 is 2.44 bits per heavy atom. The summed E-state index contributed by atoms with van der Waals surface area (Å²) >= 11 is 0. The molecule has 0 aromatic carbocycles. The van der Waals surface area contributed by atoms with Crippen molar-refractivity contribution in [3.8, 4) is 0 Å². The number of hydrogen-bond donors (Lipinski definition) is 8. The molecule has 1 aliphatic heterocycles. The summed E-state index contributed by atoms with van der Waals surface area (Å²) in [5, 5.41) is 56.5. The summed E-state index contributed by atoms with van der Waals surface area (Å²) in [5.74, 6) is 0.0514. The van der Waals surface area contributed by atoms with Gasteiger partial charge in [0.2, 0.25) is 5.91 Å². The van der Waals surface area contributed by atoms with Crippen LogP contribution in [0, 0.1) is 0 Å². The SMILES string of the molecule is CB(O)N=C(NB(C)O)NC1C=C(C)O[C@@H]([C@H](O)C(O)CO)[C@@H]1NC(C)=O. The Bertz CT molecular complexity index is 562. The molecule has 8 N–H and O–H groups in total. The number of aliphatic hydroxyl groups excluding tert-OH is 3. The number of aliphatic hydroxyl groups is 3. The molecular weight excluding hydrogens is 358 g/mol. The molecule has 0 aromatic heterocycles. The lowest BCUT2D eigenvalue weighted by atomic mass is 9.87. The molecule has 27 heavy (non-hydrogen) atoms. The summed E-state index contributed by atoms with van der Waals surface area (Å²) in [4.78, 5) is 15.6. The zero-order chi connectivity index (χ0) is 20.7. The van der Waals surface area contributed by atoms with E-state index in [-0.39, 0.29) is 5.96 Å². The van der Waals surface area contributed by atoms with Crippen LogP contribution in [0.3, 0.4) is 0 Å². The predicted molar refractivity (Wildman–Crippen MR) is 101 cm³/mol. The minimum atomic E-state index is -1.48. The fourth-order valence-electron chi connectivity index (χ4n) is 2.69. The molecular formula is C14H28B2N4O7. The topological polar surface area (TPSA) is 176 Å². The first-order valence-electron chi connectivity index (χ1n) is 8.61. The van der Waals surface area contributed by atoms with E-state index in [0.29, 0.717) is 5.76 Å². The van der Waals surface area contributed by atoms with Crippen LogP contribution >= 0.6 is 0 Å². The van der Waals surface area contributed by atoms with Crippen LogP contribution in [0.1, 0.15) is 13.8 Å². The van der Waals surface area contributed by atoms with Gasteiger partial charge in [-0.3, -0.25) is 9.70 Å². The van der Waals surface area contributed by atoms with Crippen LogP contribution in [-0.2, 0) is 9.53 Å². The zero-order valence-corrected chi connectivity index (χ0v) is 15.8. The summed E-state index contributed by atoms with van der Waals surface area (Å²) in [5.41, 5.74) is 0. The van der Waals surface area contributed by atoms with E-state index in [1.807, 2.05) is 0 Å². The van der Waals surface area contributed by atoms with Crippen molar-refractivity contribution in [2.24, 2.45) is 4.90 Å². The highest BCUT2D eigenvalue weighted by Gasteiger charge is 2.42. The van der Waals surface area contributed by atoms with Crippen molar-refractivity contribution in [2.75, 3.05) is 6.61 Å². The number of nitrogens with one attached hydrogen (secondary N) is 3. The maximum Gasteiger partial charge on any atom is 0.431 e. The second-order valence-electron chi connectivity index (χ2n) is 6.43. The Morgan fingerprint density at radius 2 is 1.96 bits per heavy atom. The summed E-state index contributed by atoms with van der Waals surface area (Å²) < 4.78 is 5.58. The number of hydrogen-bond acceptors (Lipinski definition) is 8. The summed E-state index contributed by atoms with van der Waals surface area (Å²) in [6.45, 7) is 5.10. The maximum atomic E-state index is 11.7. The summed E-state index contributed by atoms with van der Waals surface area (Å²) in [6, 6.07) is -1.52. The Hall–Kier alpha value is -1.79. The molecule has 0 saturated heterocycles. The largest absolute Gasteiger partial charge is 0.490 e. The second-order valence-corrected chi connectivity index (χ2v) is 6.43. The van der Waals surface area contributed by atoms with Gasteiger partial charge in [0.1, 0.15) is 18.3 Å². The maximum absolute atomic E-state index is 11.7. The smallest absolute Gasteiger partial charge is 0.431 e. The Labute approximate surface area is 158 Å². The van der Waals surface area contributed by atoms with Crippen molar-refractivity contribution in [1.82, 2.24) is 15.9 Å². The van der Waals surface area contributed by atoms with Crippen molar-refractivity contribution in [2.45, 2.75) is 57.9 Å². The van der Waals surface area contributed by atoms with Crippen LogP contribution in [0.25, 0.3) is 0 Å². The zero-order valence-electron chi connectivity index (χ0n) is 15.8. The summed E-state index contributed by atoms with van der Waals surface area (Å²) in [7, 11) is -2.04. The highest BCUT2D eigenvalue weighted by Crippen LogP contribution is 2.22. The van der Waals surface area contributed by atoms with Crippen LogP contribution in [-0.4, -0.2) is 88.3 Å². The number of amides is 1. The molecule has 0 saturated carbocycles. The Morgan fingerprint density at radius 1 is 1.33 bits per heavy atom. The first kappa shape index (κ1) is 23.2. The van der Waals surface area contributed by atoms with Gasteiger partial charge in [0, 0.05) is 6.92 Å². The molecule has 13 heteroatoms. The van der Waals surface area contributed by atoms with Crippen LogP contribution in [0.4, 0.5) is 0 Å². The molecule has 152 valence electrons. The number of ether oxygens (including phenoxy) is 1. The van der Waals surface area contributed by atoms with E-state index in [1.54, 1.807) is 13.0 Å². The average molecular weight is 386 g/mol. The third-order valence-electron chi connectivity index (χ3n) is 3.73. The Kier molecular flexibility index (Phi) is 9.06. The van der Waals surface area contributed by atoms with E-state index in [4.69, 9.17) is 9.84 Å². The molecule has 1 amide bonds. The molecule has 0 radical (unpaired) electrons. The van der Waals surface area contributed by atoms with Gasteiger partial charge in [-0.2, -0.15) is 0 Å². The van der Waals surface area contributed by atoms with Crippen molar-refractivity contribution < 1.29 is 34.9 Å². The summed E-state index contributed by atoms with van der Waals surface area (Å²) in [6.07, 6.45) is -2.41. The van der Waals surface area contributed by atoms with Crippen molar-refractivity contribution >= 4 is 26.0 Å². The molecule has 0 aliphatic carbocycles. The van der Waals surface area contributed by atoms with Gasteiger partial charge in [-0.25, -0.2) is 0 Å². The molecule has 0 spiro atoms.